The molecule has 0 saturated heterocycles. The Morgan fingerprint density at radius 2 is 1.14 bits per heavy atom. The fourth-order valence-corrected chi connectivity index (χ4v) is 5.45. The third-order valence-corrected chi connectivity index (χ3v) is 8.51. The molecule has 0 fully saturated rings. The van der Waals surface area contributed by atoms with Gasteiger partial charge in [-0.2, -0.15) is 0 Å². The highest BCUT2D eigenvalue weighted by atomic mass is 16.6. The van der Waals surface area contributed by atoms with E-state index in [2.05, 4.69) is 50.3 Å². The van der Waals surface area contributed by atoms with Gasteiger partial charge in [-0.25, -0.2) is 0 Å². The third kappa shape index (κ3) is 31.3. The van der Waals surface area contributed by atoms with Gasteiger partial charge in [-0.15, -0.1) is 0 Å². The molecule has 8 nitrogen and oxygen atoms in total. The number of carbonyl (C=O) groups excluding carboxylic acids is 3. The zero-order valence-corrected chi connectivity index (χ0v) is 32.1. The van der Waals surface area contributed by atoms with E-state index < -0.39 is 18.1 Å². The summed E-state index contributed by atoms with van der Waals surface area (Å²) in [5.74, 6) is -1.78. The fourth-order valence-electron chi connectivity index (χ4n) is 5.45. The van der Waals surface area contributed by atoms with E-state index in [4.69, 9.17) is 14.2 Å². The van der Waals surface area contributed by atoms with E-state index in [9.17, 15) is 19.5 Å². The first kappa shape index (κ1) is 46.5. The molecule has 2 unspecified atom stereocenters. The molecule has 0 amide bonds. The first-order valence-electron chi connectivity index (χ1n) is 19.5. The molecule has 0 saturated carbocycles. The molecule has 0 aliphatic heterocycles. The quantitative estimate of drug-likeness (QED) is 0.0288. The molecule has 0 aliphatic carbocycles. The average Bonchev–Trinajstić information content (AvgIpc) is 3.05. The van der Waals surface area contributed by atoms with Crippen LogP contribution in [0.4, 0.5) is 0 Å². The summed E-state index contributed by atoms with van der Waals surface area (Å²) in [7, 11) is 5.38. The number of esters is 2. The van der Waals surface area contributed by atoms with E-state index in [0.29, 0.717) is 12.8 Å². The Morgan fingerprint density at radius 1 is 0.633 bits per heavy atom. The number of hydrogen-bond acceptors (Lipinski definition) is 7. The van der Waals surface area contributed by atoms with Crippen molar-refractivity contribution in [2.45, 2.75) is 167 Å². The Labute approximate surface area is 300 Å². The maximum atomic E-state index is 12.6. The highest BCUT2D eigenvalue weighted by Crippen LogP contribution is 2.12. The molecule has 0 spiro atoms. The largest absolute Gasteiger partial charge is 0.544 e. The van der Waals surface area contributed by atoms with Crippen molar-refractivity contribution in [3.8, 4) is 0 Å². The van der Waals surface area contributed by atoms with Gasteiger partial charge in [-0.1, -0.05) is 108 Å². The summed E-state index contributed by atoms with van der Waals surface area (Å²) in [4.78, 5) is 36.6. The molecule has 0 bridgehead atoms. The van der Waals surface area contributed by atoms with Crippen LogP contribution in [0.1, 0.15) is 155 Å². The number of nitrogens with zero attached hydrogens (tertiary/aromatic N) is 1. The number of carboxylic acids is 1. The van der Waals surface area contributed by atoms with Crippen LogP contribution in [0.5, 0.6) is 0 Å². The standard InChI is InChI=1S/C41H73NO7/c1-6-8-10-12-14-16-18-20-22-23-25-27-29-31-39(43)48-36-37(35-47-34-33-38(41(45)46)42(3,4)5)49-40(44)32-30-28-26-24-21-19-17-15-13-11-9-7-2/h9,11,15,17,20,22,37-38H,6-8,10,12-14,16,18-19,21,23-36H2,1-5H3/b11-9+,17-15+,22-20+. The third-order valence-electron chi connectivity index (χ3n) is 8.51. The summed E-state index contributed by atoms with van der Waals surface area (Å²) in [5.41, 5.74) is 0. The normalized spacial score (nSPS) is 13.4. The number of quaternary nitrogens is 1. The minimum atomic E-state index is -1.13. The lowest BCUT2D eigenvalue weighted by molar-refractivity contribution is -0.889. The molecule has 0 aromatic heterocycles. The smallest absolute Gasteiger partial charge is 0.306 e. The zero-order valence-electron chi connectivity index (χ0n) is 32.1. The van der Waals surface area contributed by atoms with Gasteiger partial charge in [0.05, 0.1) is 40.3 Å². The number of likely N-dealkylation sites (N-methyl/N-ethyl adjacent to an activating group) is 1. The first-order chi connectivity index (χ1) is 23.6. The second kappa shape index (κ2) is 32.7. The first-order valence-corrected chi connectivity index (χ1v) is 19.5. The van der Waals surface area contributed by atoms with Gasteiger partial charge in [0.25, 0.3) is 0 Å². The lowest BCUT2D eigenvalue weighted by Crippen LogP contribution is -2.55. The Bertz CT molecular complexity index is 906. The minimum absolute atomic E-state index is 0.0305. The molecular weight excluding hydrogens is 618 g/mol. The predicted octanol–water partition coefficient (Wildman–Crippen LogP) is 8.57. The Morgan fingerprint density at radius 3 is 1.71 bits per heavy atom. The lowest BCUT2D eigenvalue weighted by atomic mass is 10.1. The number of allylic oxidation sites excluding steroid dienone is 6. The predicted molar refractivity (Wildman–Crippen MR) is 199 cm³/mol. The zero-order chi connectivity index (χ0) is 36.4. The van der Waals surface area contributed by atoms with Gasteiger partial charge < -0.3 is 28.6 Å². The number of carboxylic acid groups (broad SMARTS) is 1. The molecule has 2 atom stereocenters. The molecule has 284 valence electrons. The second-order valence-electron chi connectivity index (χ2n) is 14.1. The van der Waals surface area contributed by atoms with Crippen molar-refractivity contribution in [3.63, 3.8) is 0 Å². The molecule has 0 aromatic rings. The van der Waals surface area contributed by atoms with Gasteiger partial charge in [0.15, 0.2) is 6.10 Å². The number of aliphatic carboxylic acids is 1. The summed E-state index contributed by atoms with van der Waals surface area (Å²) in [6, 6.07) is -0.728. The molecule has 0 aliphatic rings. The summed E-state index contributed by atoms with van der Waals surface area (Å²) in [5, 5.41) is 11.6. The van der Waals surface area contributed by atoms with E-state index in [1.807, 2.05) is 0 Å². The van der Waals surface area contributed by atoms with Crippen LogP contribution >= 0.6 is 0 Å². The van der Waals surface area contributed by atoms with Crippen LogP contribution in [0.15, 0.2) is 36.5 Å². The van der Waals surface area contributed by atoms with E-state index in [1.54, 1.807) is 21.1 Å². The van der Waals surface area contributed by atoms with Crippen LogP contribution in [0.2, 0.25) is 0 Å². The molecular formula is C41H73NO7. The van der Waals surface area contributed by atoms with Gasteiger partial charge in [0.1, 0.15) is 12.6 Å². The molecule has 0 radical (unpaired) electrons. The Kier molecular flexibility index (Phi) is 31.1. The summed E-state index contributed by atoms with van der Waals surface area (Å²) in [6.45, 7) is 4.49. The van der Waals surface area contributed by atoms with Crippen molar-refractivity contribution in [1.29, 1.82) is 0 Å². The van der Waals surface area contributed by atoms with Gasteiger partial charge in [0.2, 0.25) is 0 Å². The van der Waals surface area contributed by atoms with E-state index >= 15 is 0 Å². The van der Waals surface area contributed by atoms with Crippen LogP contribution in [0.3, 0.4) is 0 Å². The average molecular weight is 692 g/mol. The van der Waals surface area contributed by atoms with Gasteiger partial charge in [-0.3, -0.25) is 9.59 Å². The fraction of sp³-hybridized carbons (Fsp3) is 0.780. The molecule has 0 N–H and O–H groups in total. The van der Waals surface area contributed by atoms with Crippen molar-refractivity contribution in [2.24, 2.45) is 0 Å². The highest BCUT2D eigenvalue weighted by Gasteiger charge is 2.25. The number of carbonyl (C=O) groups is 3. The van der Waals surface area contributed by atoms with Crippen LogP contribution < -0.4 is 5.11 Å². The number of ether oxygens (including phenoxy) is 3. The van der Waals surface area contributed by atoms with Crippen molar-refractivity contribution in [2.75, 3.05) is 41.0 Å². The van der Waals surface area contributed by atoms with Crippen molar-refractivity contribution < 1.29 is 38.2 Å². The summed E-state index contributed by atoms with van der Waals surface area (Å²) >= 11 is 0. The molecule has 8 heteroatoms. The van der Waals surface area contributed by atoms with Crippen molar-refractivity contribution in [1.82, 2.24) is 0 Å². The lowest BCUT2D eigenvalue weighted by Gasteiger charge is -2.34. The second-order valence-corrected chi connectivity index (χ2v) is 14.1. The SMILES string of the molecule is CC/C=C/C/C=C/CCCCCCCC(=O)OC(COCCC(C(=O)[O-])[N+](C)(C)C)COC(=O)CCCCC/C=C/CCCCCCCC. The molecule has 0 rings (SSSR count). The van der Waals surface area contributed by atoms with Gasteiger partial charge in [-0.05, 0) is 64.2 Å². The van der Waals surface area contributed by atoms with Crippen molar-refractivity contribution >= 4 is 17.9 Å². The number of hydrogen-bond donors (Lipinski definition) is 0. The van der Waals surface area contributed by atoms with E-state index in [1.165, 1.54) is 38.5 Å². The highest BCUT2D eigenvalue weighted by molar-refractivity contribution is 5.70. The van der Waals surface area contributed by atoms with Crippen LogP contribution in [-0.4, -0.2) is 75.5 Å². The van der Waals surface area contributed by atoms with Crippen LogP contribution in [0, 0.1) is 0 Å². The molecule has 0 heterocycles. The van der Waals surface area contributed by atoms with Crippen LogP contribution in [0.25, 0.3) is 0 Å². The number of rotatable bonds is 34. The minimum Gasteiger partial charge on any atom is -0.544 e. The van der Waals surface area contributed by atoms with Crippen LogP contribution in [-0.2, 0) is 28.6 Å². The monoisotopic (exact) mass is 692 g/mol. The van der Waals surface area contributed by atoms with E-state index in [0.717, 1.165) is 83.5 Å². The van der Waals surface area contributed by atoms with E-state index in [-0.39, 0.29) is 42.7 Å². The van der Waals surface area contributed by atoms with Crippen molar-refractivity contribution in [3.05, 3.63) is 36.5 Å². The maximum Gasteiger partial charge on any atom is 0.306 e. The number of unbranched alkanes of at least 4 members (excludes halogenated alkanes) is 14. The molecule has 49 heavy (non-hydrogen) atoms. The summed E-state index contributed by atoms with van der Waals surface area (Å²) in [6.07, 6.45) is 34.5. The van der Waals surface area contributed by atoms with Gasteiger partial charge in [0, 0.05) is 19.3 Å². The topological polar surface area (TPSA) is 102 Å². The Hall–Kier alpha value is -2.45. The summed E-state index contributed by atoms with van der Waals surface area (Å²) < 4.78 is 17.1. The maximum absolute atomic E-state index is 12.6. The van der Waals surface area contributed by atoms with Gasteiger partial charge >= 0.3 is 11.9 Å². The Balaban J connectivity index is 4.46. The molecule has 0 aromatic carbocycles.